The van der Waals surface area contributed by atoms with Crippen molar-refractivity contribution < 1.29 is 13.2 Å². The molecule has 1 atom stereocenters. The number of amides is 1. The van der Waals surface area contributed by atoms with Crippen molar-refractivity contribution in [3.63, 3.8) is 0 Å². The standard InChI is InChI=1S/C20H29N3O3S2/c1-6-23(7-2)28(25,26)19-12-18(9-8-15(19)3)21-20(24)16(4)22(5)13-17-10-11-27-14-17/h8-12,14,16H,6-7,13H2,1-5H3,(H,21,24)/t16-/m0/s1. The molecule has 0 fully saturated rings. The van der Waals surface area contributed by atoms with Gasteiger partial charge in [-0.3, -0.25) is 9.69 Å². The topological polar surface area (TPSA) is 69.7 Å². The fourth-order valence-corrected chi connectivity index (χ4v) is 5.28. The van der Waals surface area contributed by atoms with Crippen molar-refractivity contribution in [2.75, 3.05) is 25.5 Å². The van der Waals surface area contributed by atoms with Gasteiger partial charge in [-0.25, -0.2) is 8.42 Å². The third-order valence-electron chi connectivity index (χ3n) is 4.83. The molecule has 0 aliphatic carbocycles. The monoisotopic (exact) mass is 423 g/mol. The highest BCUT2D eigenvalue weighted by atomic mass is 32.2. The number of benzene rings is 1. The zero-order valence-corrected chi connectivity index (χ0v) is 18.7. The van der Waals surface area contributed by atoms with Crippen molar-refractivity contribution in [2.24, 2.45) is 0 Å². The Morgan fingerprint density at radius 2 is 1.89 bits per heavy atom. The second-order valence-electron chi connectivity index (χ2n) is 6.78. The van der Waals surface area contributed by atoms with Gasteiger partial charge in [0, 0.05) is 25.3 Å². The number of hydrogen-bond acceptors (Lipinski definition) is 5. The van der Waals surface area contributed by atoms with Gasteiger partial charge >= 0.3 is 0 Å². The Hall–Kier alpha value is -1.74. The average molecular weight is 424 g/mol. The Morgan fingerprint density at radius 1 is 1.21 bits per heavy atom. The Labute approximate surface area is 172 Å². The number of carbonyl (C=O) groups excluding carboxylic acids is 1. The van der Waals surface area contributed by atoms with Crippen LogP contribution in [0.1, 0.15) is 31.9 Å². The molecule has 0 aliphatic rings. The van der Waals surface area contributed by atoms with Crippen molar-refractivity contribution in [1.29, 1.82) is 0 Å². The van der Waals surface area contributed by atoms with Crippen LogP contribution in [0.3, 0.4) is 0 Å². The molecule has 1 heterocycles. The molecule has 6 nitrogen and oxygen atoms in total. The second kappa shape index (κ2) is 9.65. The summed E-state index contributed by atoms with van der Waals surface area (Å²) in [5.74, 6) is -0.173. The number of sulfonamides is 1. The maximum atomic E-state index is 12.9. The van der Waals surface area contributed by atoms with Gasteiger partial charge in [0.15, 0.2) is 0 Å². The van der Waals surface area contributed by atoms with Crippen molar-refractivity contribution >= 4 is 33.0 Å². The number of rotatable bonds is 9. The summed E-state index contributed by atoms with van der Waals surface area (Å²) in [4.78, 5) is 14.9. The van der Waals surface area contributed by atoms with E-state index in [4.69, 9.17) is 0 Å². The molecule has 2 aromatic rings. The average Bonchev–Trinajstić information content (AvgIpc) is 3.16. The van der Waals surface area contributed by atoms with Gasteiger partial charge in [-0.2, -0.15) is 15.6 Å². The summed E-state index contributed by atoms with van der Waals surface area (Å²) < 4.78 is 27.2. The smallest absolute Gasteiger partial charge is 0.243 e. The summed E-state index contributed by atoms with van der Waals surface area (Å²) in [7, 11) is -1.69. The fourth-order valence-electron chi connectivity index (χ4n) is 2.91. The fraction of sp³-hybridized carbons (Fsp3) is 0.450. The van der Waals surface area contributed by atoms with E-state index in [9.17, 15) is 13.2 Å². The molecule has 1 amide bonds. The molecule has 0 saturated heterocycles. The minimum Gasteiger partial charge on any atom is -0.325 e. The lowest BCUT2D eigenvalue weighted by atomic mass is 10.2. The highest BCUT2D eigenvalue weighted by Gasteiger charge is 2.25. The van der Waals surface area contributed by atoms with E-state index < -0.39 is 10.0 Å². The molecule has 2 rings (SSSR count). The van der Waals surface area contributed by atoms with Crippen molar-refractivity contribution in [3.05, 3.63) is 46.2 Å². The van der Waals surface area contributed by atoms with E-state index in [0.717, 1.165) is 5.56 Å². The molecule has 0 spiro atoms. The third kappa shape index (κ3) is 5.20. The number of carbonyl (C=O) groups is 1. The second-order valence-corrected chi connectivity index (χ2v) is 9.47. The lowest BCUT2D eigenvalue weighted by Crippen LogP contribution is -2.39. The van der Waals surface area contributed by atoms with Crippen molar-refractivity contribution in [3.8, 4) is 0 Å². The van der Waals surface area contributed by atoms with E-state index >= 15 is 0 Å². The first-order chi connectivity index (χ1) is 13.2. The molecule has 8 heteroatoms. The molecule has 0 bridgehead atoms. The minimum absolute atomic E-state index is 0.173. The van der Waals surface area contributed by atoms with Crippen LogP contribution in [-0.4, -0.2) is 49.7 Å². The number of likely N-dealkylation sites (N-methyl/N-ethyl adjacent to an activating group) is 1. The summed E-state index contributed by atoms with van der Waals surface area (Å²) in [6.07, 6.45) is 0. The van der Waals surface area contributed by atoms with Gasteiger partial charge in [0.25, 0.3) is 0 Å². The largest absolute Gasteiger partial charge is 0.325 e. The molecule has 1 aromatic heterocycles. The summed E-state index contributed by atoms with van der Waals surface area (Å²) >= 11 is 1.63. The van der Waals surface area contributed by atoms with Gasteiger partial charge in [0.1, 0.15) is 0 Å². The number of anilines is 1. The molecule has 1 aromatic carbocycles. The molecular weight excluding hydrogens is 394 g/mol. The van der Waals surface area contributed by atoms with Crippen molar-refractivity contribution in [2.45, 2.75) is 45.2 Å². The number of aryl methyl sites for hydroxylation is 1. The maximum Gasteiger partial charge on any atom is 0.243 e. The molecule has 0 radical (unpaired) electrons. The Balaban J connectivity index is 2.17. The molecule has 1 N–H and O–H groups in total. The third-order valence-corrected chi connectivity index (χ3v) is 7.76. The first-order valence-corrected chi connectivity index (χ1v) is 11.7. The zero-order chi connectivity index (χ0) is 20.9. The predicted octanol–water partition coefficient (Wildman–Crippen LogP) is 3.55. The van der Waals surface area contributed by atoms with Gasteiger partial charge in [0.2, 0.25) is 15.9 Å². The van der Waals surface area contributed by atoms with Crippen LogP contribution >= 0.6 is 11.3 Å². The zero-order valence-electron chi connectivity index (χ0n) is 17.1. The van der Waals surface area contributed by atoms with Crippen molar-refractivity contribution in [1.82, 2.24) is 9.21 Å². The quantitative estimate of drug-likeness (QED) is 0.670. The van der Waals surface area contributed by atoms with E-state index in [1.54, 1.807) is 36.5 Å². The maximum absolute atomic E-state index is 12.9. The predicted molar refractivity (Wildman–Crippen MR) is 115 cm³/mol. The highest BCUT2D eigenvalue weighted by Crippen LogP contribution is 2.24. The van der Waals surface area contributed by atoms with Gasteiger partial charge in [-0.15, -0.1) is 0 Å². The van der Waals surface area contributed by atoms with E-state index in [1.807, 2.05) is 44.2 Å². The molecule has 154 valence electrons. The van der Waals surface area contributed by atoms with E-state index in [2.05, 4.69) is 10.7 Å². The van der Waals surface area contributed by atoms with Crippen LogP contribution in [0.4, 0.5) is 5.69 Å². The SMILES string of the molecule is CCN(CC)S(=O)(=O)c1cc(NC(=O)[C@H](C)N(C)Cc2ccsc2)ccc1C. The molecule has 0 unspecified atom stereocenters. The van der Waals surface area contributed by atoms with E-state index in [0.29, 0.717) is 30.9 Å². The van der Waals surface area contributed by atoms with Gasteiger partial charge in [-0.05, 0) is 61.0 Å². The number of nitrogens with zero attached hydrogens (tertiary/aromatic N) is 2. The van der Waals surface area contributed by atoms with Gasteiger partial charge in [0.05, 0.1) is 10.9 Å². The van der Waals surface area contributed by atoms with Crippen LogP contribution in [0, 0.1) is 6.92 Å². The van der Waals surface area contributed by atoms with Crippen LogP contribution in [0.15, 0.2) is 39.9 Å². The first kappa shape index (κ1) is 22.5. The Bertz CT molecular complexity index is 891. The molecule has 0 aliphatic heterocycles. The van der Waals surface area contributed by atoms with E-state index in [-0.39, 0.29) is 16.8 Å². The summed E-state index contributed by atoms with van der Waals surface area (Å²) in [6.45, 7) is 8.70. The van der Waals surface area contributed by atoms with Crippen LogP contribution < -0.4 is 5.32 Å². The number of thiophene rings is 1. The Kier molecular flexibility index (Phi) is 7.77. The molecule has 28 heavy (non-hydrogen) atoms. The lowest BCUT2D eigenvalue weighted by Gasteiger charge is -2.24. The first-order valence-electron chi connectivity index (χ1n) is 9.33. The van der Waals surface area contributed by atoms with Crippen LogP contribution in [0.25, 0.3) is 0 Å². The van der Waals surface area contributed by atoms with Crippen LogP contribution in [0.5, 0.6) is 0 Å². The summed E-state index contributed by atoms with van der Waals surface area (Å²) in [5, 5.41) is 6.93. The Morgan fingerprint density at radius 3 is 2.46 bits per heavy atom. The minimum atomic E-state index is -3.59. The normalized spacial score (nSPS) is 13.1. The summed E-state index contributed by atoms with van der Waals surface area (Å²) in [6, 6.07) is 6.69. The number of hydrogen-bond donors (Lipinski definition) is 1. The molecule has 0 saturated carbocycles. The van der Waals surface area contributed by atoms with Crippen LogP contribution in [-0.2, 0) is 21.4 Å². The summed E-state index contributed by atoms with van der Waals surface area (Å²) in [5.41, 5.74) is 2.31. The number of nitrogens with one attached hydrogen (secondary N) is 1. The van der Waals surface area contributed by atoms with Crippen LogP contribution in [0.2, 0.25) is 0 Å². The van der Waals surface area contributed by atoms with E-state index in [1.165, 1.54) is 4.31 Å². The molecular formula is C20H29N3O3S2. The van der Waals surface area contributed by atoms with Gasteiger partial charge < -0.3 is 5.32 Å². The highest BCUT2D eigenvalue weighted by molar-refractivity contribution is 7.89. The lowest BCUT2D eigenvalue weighted by molar-refractivity contribution is -0.120. The van der Waals surface area contributed by atoms with Gasteiger partial charge in [-0.1, -0.05) is 19.9 Å².